The maximum atomic E-state index is 11.3. The van der Waals surface area contributed by atoms with Crippen molar-refractivity contribution >= 4 is 11.8 Å². The number of hydrogen-bond acceptors (Lipinski definition) is 4. The van der Waals surface area contributed by atoms with Gasteiger partial charge in [-0.1, -0.05) is 49.9 Å². The highest BCUT2D eigenvalue weighted by Crippen LogP contribution is 2.28. The highest BCUT2D eigenvalue weighted by Gasteiger charge is 2.18. The summed E-state index contributed by atoms with van der Waals surface area (Å²) in [5, 5.41) is 7.20. The molecule has 20 heavy (non-hydrogen) atoms. The molecule has 1 aromatic heterocycles. The Morgan fingerprint density at radius 2 is 2.05 bits per heavy atom. The Morgan fingerprint density at radius 1 is 1.40 bits per heavy atom. The molecule has 2 rings (SSSR count). The van der Waals surface area contributed by atoms with Gasteiger partial charge in [-0.3, -0.25) is 4.57 Å². The maximum Gasteiger partial charge on any atom is 0.343 e. The molecule has 2 unspecified atom stereocenters. The van der Waals surface area contributed by atoms with E-state index in [2.05, 4.69) is 41.4 Å². The van der Waals surface area contributed by atoms with Crippen molar-refractivity contribution in [1.82, 2.24) is 14.8 Å². The lowest BCUT2D eigenvalue weighted by Gasteiger charge is -2.19. The summed E-state index contributed by atoms with van der Waals surface area (Å²) < 4.78 is 1.49. The van der Waals surface area contributed by atoms with Crippen LogP contribution in [0.25, 0.3) is 0 Å². The van der Waals surface area contributed by atoms with E-state index in [9.17, 15) is 4.79 Å². The van der Waals surface area contributed by atoms with Crippen LogP contribution in [0.3, 0.4) is 0 Å². The van der Waals surface area contributed by atoms with E-state index in [1.807, 2.05) is 6.92 Å². The van der Waals surface area contributed by atoms with Gasteiger partial charge in [-0.25, -0.2) is 9.89 Å². The summed E-state index contributed by atoms with van der Waals surface area (Å²) in [6.07, 6.45) is 1.02. The fraction of sp³-hybridized carbons (Fsp3) is 0.429. The number of aryl methyl sites for hydroxylation is 1. The van der Waals surface area contributed by atoms with Gasteiger partial charge in [-0.15, -0.1) is 5.10 Å². The van der Waals surface area contributed by atoms with E-state index < -0.39 is 0 Å². The van der Waals surface area contributed by atoms with E-state index in [4.69, 9.17) is 5.73 Å². The second-order valence-electron chi connectivity index (χ2n) is 4.81. The van der Waals surface area contributed by atoms with Gasteiger partial charge in [-0.05, 0) is 17.5 Å². The van der Waals surface area contributed by atoms with Gasteiger partial charge in [0.15, 0.2) is 5.16 Å². The number of aromatic nitrogens is 3. The molecule has 0 aliphatic heterocycles. The number of rotatable bonds is 5. The first kappa shape index (κ1) is 14.9. The van der Waals surface area contributed by atoms with E-state index in [1.165, 1.54) is 21.9 Å². The number of hydrogen-bond donors (Lipinski definition) is 2. The Kier molecular flexibility index (Phi) is 4.67. The smallest absolute Gasteiger partial charge is 0.323 e. The topological polar surface area (TPSA) is 76.7 Å². The van der Waals surface area contributed by atoms with Gasteiger partial charge >= 0.3 is 5.69 Å². The number of benzene rings is 1. The lowest BCUT2D eigenvalue weighted by Crippen LogP contribution is -2.22. The molecule has 5 nitrogen and oxygen atoms in total. The van der Waals surface area contributed by atoms with E-state index >= 15 is 0 Å². The quantitative estimate of drug-likeness (QED) is 0.825. The molecule has 0 aliphatic rings. The summed E-state index contributed by atoms with van der Waals surface area (Å²) in [5.74, 6) is 0. The predicted molar refractivity (Wildman–Crippen MR) is 81.9 cm³/mol. The molecule has 0 saturated heterocycles. The van der Waals surface area contributed by atoms with Crippen LogP contribution in [0.2, 0.25) is 0 Å². The summed E-state index contributed by atoms with van der Waals surface area (Å²) >= 11 is 1.50. The molecule has 0 bridgehead atoms. The molecular formula is C14H20N4OS. The SMILES string of the molecule is CCc1ccc(C(N)C(C)Sc2n[nH]c(=O)n2C)cc1. The molecule has 0 spiro atoms. The zero-order valence-corrected chi connectivity index (χ0v) is 12.8. The second-order valence-corrected chi connectivity index (χ2v) is 6.16. The Hall–Kier alpha value is -1.53. The molecular weight excluding hydrogens is 272 g/mol. The molecule has 2 atom stereocenters. The van der Waals surface area contributed by atoms with Crippen LogP contribution >= 0.6 is 11.8 Å². The number of thioether (sulfide) groups is 1. The van der Waals surface area contributed by atoms with Gasteiger partial charge in [0, 0.05) is 18.3 Å². The minimum atomic E-state index is -0.208. The maximum absolute atomic E-state index is 11.3. The molecule has 0 amide bonds. The van der Waals surface area contributed by atoms with Crippen molar-refractivity contribution in [3.8, 4) is 0 Å². The summed E-state index contributed by atoms with van der Waals surface area (Å²) in [6, 6.07) is 8.26. The minimum Gasteiger partial charge on any atom is -0.323 e. The van der Waals surface area contributed by atoms with Gasteiger partial charge in [0.25, 0.3) is 0 Å². The summed E-state index contributed by atoms with van der Waals surface area (Å²) in [5.41, 5.74) is 8.48. The van der Waals surface area contributed by atoms with Crippen LogP contribution in [0, 0.1) is 0 Å². The molecule has 3 N–H and O–H groups in total. The van der Waals surface area contributed by atoms with Crippen LogP contribution in [0.4, 0.5) is 0 Å². The average Bonchev–Trinajstić information content (AvgIpc) is 2.78. The van der Waals surface area contributed by atoms with Crippen molar-refractivity contribution in [2.75, 3.05) is 0 Å². The number of nitrogens with zero attached hydrogens (tertiary/aromatic N) is 2. The van der Waals surface area contributed by atoms with Crippen molar-refractivity contribution in [3.63, 3.8) is 0 Å². The number of H-pyrrole nitrogens is 1. The summed E-state index contributed by atoms with van der Waals surface area (Å²) in [6.45, 7) is 4.17. The van der Waals surface area contributed by atoms with Crippen LogP contribution in [0.1, 0.15) is 31.0 Å². The average molecular weight is 292 g/mol. The fourth-order valence-corrected chi connectivity index (χ4v) is 2.90. The van der Waals surface area contributed by atoms with E-state index in [-0.39, 0.29) is 17.0 Å². The molecule has 0 fully saturated rings. The molecule has 1 heterocycles. The monoisotopic (exact) mass is 292 g/mol. The Morgan fingerprint density at radius 3 is 2.55 bits per heavy atom. The molecule has 0 saturated carbocycles. The largest absolute Gasteiger partial charge is 0.343 e. The fourth-order valence-electron chi connectivity index (χ4n) is 1.92. The zero-order chi connectivity index (χ0) is 14.7. The van der Waals surface area contributed by atoms with E-state index in [0.717, 1.165) is 12.0 Å². The standard InChI is InChI=1S/C14H20N4OS/c1-4-10-5-7-11(8-6-10)12(15)9(2)20-14-17-16-13(19)18(14)3/h5-9,12H,4,15H2,1-3H3,(H,16,19). The third kappa shape index (κ3) is 3.13. The van der Waals surface area contributed by atoms with Gasteiger partial charge < -0.3 is 5.73 Å². The first-order valence-corrected chi connectivity index (χ1v) is 7.53. The molecule has 1 aromatic carbocycles. The first-order valence-electron chi connectivity index (χ1n) is 6.65. The first-order chi connectivity index (χ1) is 9.52. The van der Waals surface area contributed by atoms with E-state index in [1.54, 1.807) is 7.05 Å². The highest BCUT2D eigenvalue weighted by atomic mass is 32.2. The van der Waals surface area contributed by atoms with Gasteiger partial charge in [0.2, 0.25) is 0 Å². The van der Waals surface area contributed by atoms with Crippen molar-refractivity contribution in [3.05, 3.63) is 45.9 Å². The normalized spacial score (nSPS) is 14.2. The van der Waals surface area contributed by atoms with Crippen LogP contribution in [0.5, 0.6) is 0 Å². The third-order valence-corrected chi connectivity index (χ3v) is 4.65. The molecule has 2 aromatic rings. The van der Waals surface area contributed by atoms with Crippen molar-refractivity contribution in [2.45, 2.75) is 36.7 Å². The summed E-state index contributed by atoms with van der Waals surface area (Å²) in [7, 11) is 1.70. The number of nitrogens with one attached hydrogen (secondary N) is 1. The lowest BCUT2D eigenvalue weighted by molar-refractivity contribution is 0.701. The Labute approximate surface area is 122 Å². The lowest BCUT2D eigenvalue weighted by atomic mass is 10.0. The van der Waals surface area contributed by atoms with Crippen molar-refractivity contribution < 1.29 is 0 Å². The minimum absolute atomic E-state index is 0.0993. The molecule has 0 radical (unpaired) electrons. The highest BCUT2D eigenvalue weighted by molar-refractivity contribution is 7.99. The van der Waals surface area contributed by atoms with Crippen molar-refractivity contribution in [1.29, 1.82) is 0 Å². The van der Waals surface area contributed by atoms with Gasteiger partial charge in [0.1, 0.15) is 0 Å². The number of aromatic amines is 1. The predicted octanol–water partition coefficient (Wildman–Crippen LogP) is 1.85. The van der Waals surface area contributed by atoms with Gasteiger partial charge in [0.05, 0.1) is 0 Å². The van der Waals surface area contributed by atoms with Crippen LogP contribution in [0.15, 0.2) is 34.2 Å². The van der Waals surface area contributed by atoms with E-state index in [0.29, 0.717) is 5.16 Å². The molecule has 108 valence electrons. The van der Waals surface area contributed by atoms with Crippen LogP contribution in [-0.4, -0.2) is 20.0 Å². The third-order valence-electron chi connectivity index (χ3n) is 3.41. The van der Waals surface area contributed by atoms with Crippen molar-refractivity contribution in [2.24, 2.45) is 12.8 Å². The van der Waals surface area contributed by atoms with Gasteiger partial charge in [-0.2, -0.15) is 0 Å². The second kappa shape index (κ2) is 6.28. The Bertz CT molecular complexity index is 617. The zero-order valence-electron chi connectivity index (χ0n) is 12.0. The van der Waals surface area contributed by atoms with Crippen LogP contribution < -0.4 is 11.4 Å². The Balaban J connectivity index is 2.09. The molecule has 0 aliphatic carbocycles. The summed E-state index contributed by atoms with van der Waals surface area (Å²) in [4.78, 5) is 11.3. The molecule has 6 heteroatoms. The number of nitrogens with two attached hydrogens (primary N) is 1. The van der Waals surface area contributed by atoms with Crippen LogP contribution in [-0.2, 0) is 13.5 Å².